The lowest BCUT2D eigenvalue weighted by molar-refractivity contribution is 0.510. The molecule has 2 N–H and O–H groups in total. The van der Waals surface area contributed by atoms with Gasteiger partial charge < -0.3 is 5.73 Å². The Hall–Kier alpha value is -1.25. The van der Waals surface area contributed by atoms with Crippen LogP contribution in [0.1, 0.15) is 29.0 Å². The monoisotopic (exact) mass is 283 g/mol. The molecule has 1 aliphatic carbocycles. The van der Waals surface area contributed by atoms with E-state index in [9.17, 15) is 0 Å². The SMILES string of the molecule is Cc1ccc(SCC(N)CC2Cc3ccccc32)cc1. The number of benzene rings is 2. The third kappa shape index (κ3) is 3.08. The number of thioether (sulfide) groups is 1. The number of hydrogen-bond acceptors (Lipinski definition) is 2. The summed E-state index contributed by atoms with van der Waals surface area (Å²) < 4.78 is 0. The van der Waals surface area contributed by atoms with Crippen molar-refractivity contribution in [1.82, 2.24) is 0 Å². The first-order valence-corrected chi connectivity index (χ1v) is 8.24. The summed E-state index contributed by atoms with van der Waals surface area (Å²) in [6, 6.07) is 17.7. The van der Waals surface area contributed by atoms with Gasteiger partial charge in [-0.3, -0.25) is 0 Å². The van der Waals surface area contributed by atoms with Crippen LogP contribution in [-0.4, -0.2) is 11.8 Å². The van der Waals surface area contributed by atoms with Crippen LogP contribution >= 0.6 is 11.8 Å². The van der Waals surface area contributed by atoms with Crippen molar-refractivity contribution in [3.05, 3.63) is 65.2 Å². The van der Waals surface area contributed by atoms with Gasteiger partial charge in [-0.2, -0.15) is 0 Å². The summed E-state index contributed by atoms with van der Waals surface area (Å²) in [6.45, 7) is 2.12. The molecule has 1 nitrogen and oxygen atoms in total. The van der Waals surface area contributed by atoms with Gasteiger partial charge in [-0.1, -0.05) is 42.0 Å². The highest BCUT2D eigenvalue weighted by Crippen LogP contribution is 2.38. The minimum absolute atomic E-state index is 0.277. The molecule has 0 radical (unpaired) electrons. The highest BCUT2D eigenvalue weighted by Gasteiger charge is 2.26. The first-order valence-electron chi connectivity index (χ1n) is 7.25. The van der Waals surface area contributed by atoms with E-state index in [1.807, 2.05) is 11.8 Å². The fraction of sp³-hybridized carbons (Fsp3) is 0.333. The average Bonchev–Trinajstić information content (AvgIpc) is 2.44. The molecular weight excluding hydrogens is 262 g/mol. The standard InChI is InChI=1S/C18H21NS/c1-13-6-8-17(9-7-13)20-12-16(19)11-15-10-14-4-2-3-5-18(14)15/h2-9,15-16H,10-12,19H2,1H3. The highest BCUT2D eigenvalue weighted by molar-refractivity contribution is 7.99. The maximum Gasteiger partial charge on any atom is 0.0139 e. The van der Waals surface area contributed by atoms with E-state index < -0.39 is 0 Å². The zero-order valence-electron chi connectivity index (χ0n) is 11.9. The van der Waals surface area contributed by atoms with Gasteiger partial charge in [-0.05, 0) is 48.9 Å². The number of hydrogen-bond donors (Lipinski definition) is 1. The Morgan fingerprint density at radius 2 is 1.90 bits per heavy atom. The van der Waals surface area contributed by atoms with E-state index in [1.165, 1.54) is 28.0 Å². The molecule has 0 saturated carbocycles. The minimum atomic E-state index is 0.277. The average molecular weight is 283 g/mol. The Kier molecular flexibility index (Phi) is 4.13. The molecule has 0 amide bonds. The van der Waals surface area contributed by atoms with Crippen molar-refractivity contribution in [3.63, 3.8) is 0 Å². The van der Waals surface area contributed by atoms with E-state index in [0.717, 1.165) is 12.2 Å². The summed E-state index contributed by atoms with van der Waals surface area (Å²) in [6.07, 6.45) is 2.31. The molecule has 2 atom stereocenters. The molecule has 104 valence electrons. The quantitative estimate of drug-likeness (QED) is 0.834. The first-order chi connectivity index (χ1) is 9.72. The van der Waals surface area contributed by atoms with E-state index in [4.69, 9.17) is 5.73 Å². The number of rotatable bonds is 5. The molecule has 3 rings (SSSR count). The van der Waals surface area contributed by atoms with Gasteiger partial charge in [-0.15, -0.1) is 11.8 Å². The van der Waals surface area contributed by atoms with Gasteiger partial charge in [0.15, 0.2) is 0 Å². The Morgan fingerprint density at radius 3 is 2.65 bits per heavy atom. The van der Waals surface area contributed by atoms with Crippen molar-refractivity contribution in [1.29, 1.82) is 0 Å². The zero-order valence-corrected chi connectivity index (χ0v) is 12.7. The maximum absolute atomic E-state index is 6.30. The Bertz CT molecular complexity index is 576. The normalized spacial score (nSPS) is 18.2. The molecule has 0 saturated heterocycles. The van der Waals surface area contributed by atoms with Gasteiger partial charge in [0.05, 0.1) is 0 Å². The van der Waals surface area contributed by atoms with Crippen LogP contribution in [0.3, 0.4) is 0 Å². The molecule has 0 heterocycles. The smallest absolute Gasteiger partial charge is 0.0139 e. The molecule has 0 aliphatic heterocycles. The second kappa shape index (κ2) is 6.02. The Morgan fingerprint density at radius 1 is 1.15 bits per heavy atom. The van der Waals surface area contributed by atoms with E-state index in [1.54, 1.807) is 0 Å². The van der Waals surface area contributed by atoms with Crippen molar-refractivity contribution < 1.29 is 0 Å². The molecular formula is C18H21NS. The van der Waals surface area contributed by atoms with Gasteiger partial charge in [0.25, 0.3) is 0 Å². The Labute approximate surface area is 125 Å². The second-order valence-electron chi connectivity index (χ2n) is 5.72. The predicted octanol–water partition coefficient (Wildman–Crippen LogP) is 4.14. The molecule has 2 unspecified atom stereocenters. The molecule has 1 aliphatic rings. The number of aryl methyl sites for hydroxylation is 1. The molecule has 2 aromatic carbocycles. The van der Waals surface area contributed by atoms with Crippen molar-refractivity contribution in [2.45, 2.75) is 36.6 Å². The van der Waals surface area contributed by atoms with E-state index in [2.05, 4.69) is 55.5 Å². The van der Waals surface area contributed by atoms with Gasteiger partial charge in [0, 0.05) is 16.7 Å². The molecule has 20 heavy (non-hydrogen) atoms. The first kappa shape index (κ1) is 13.7. The van der Waals surface area contributed by atoms with Crippen LogP contribution in [0.25, 0.3) is 0 Å². The summed E-state index contributed by atoms with van der Waals surface area (Å²) in [7, 11) is 0. The zero-order chi connectivity index (χ0) is 13.9. The summed E-state index contributed by atoms with van der Waals surface area (Å²) in [5.41, 5.74) is 10.6. The topological polar surface area (TPSA) is 26.0 Å². The molecule has 0 fully saturated rings. The summed E-state index contributed by atoms with van der Waals surface area (Å²) >= 11 is 1.87. The van der Waals surface area contributed by atoms with Gasteiger partial charge in [0.2, 0.25) is 0 Å². The van der Waals surface area contributed by atoms with E-state index in [0.29, 0.717) is 5.92 Å². The third-order valence-electron chi connectivity index (χ3n) is 4.03. The second-order valence-corrected chi connectivity index (χ2v) is 6.81. The van der Waals surface area contributed by atoms with Crippen LogP contribution in [0.5, 0.6) is 0 Å². The highest BCUT2D eigenvalue weighted by atomic mass is 32.2. The molecule has 0 aromatic heterocycles. The van der Waals surface area contributed by atoms with Crippen LogP contribution in [-0.2, 0) is 6.42 Å². The van der Waals surface area contributed by atoms with Crippen LogP contribution < -0.4 is 5.73 Å². The fourth-order valence-electron chi connectivity index (χ4n) is 2.84. The van der Waals surface area contributed by atoms with Crippen molar-refractivity contribution in [3.8, 4) is 0 Å². The van der Waals surface area contributed by atoms with Crippen molar-refractivity contribution >= 4 is 11.8 Å². The number of fused-ring (bicyclic) bond motifs is 1. The largest absolute Gasteiger partial charge is 0.327 e. The summed E-state index contributed by atoms with van der Waals surface area (Å²) in [4.78, 5) is 1.32. The minimum Gasteiger partial charge on any atom is -0.327 e. The van der Waals surface area contributed by atoms with Gasteiger partial charge >= 0.3 is 0 Å². The van der Waals surface area contributed by atoms with Crippen LogP contribution in [0, 0.1) is 6.92 Å². The van der Waals surface area contributed by atoms with Crippen molar-refractivity contribution in [2.75, 3.05) is 5.75 Å². The summed E-state index contributed by atoms with van der Waals surface area (Å²) in [5.74, 6) is 1.68. The van der Waals surface area contributed by atoms with Crippen LogP contribution in [0.2, 0.25) is 0 Å². The lowest BCUT2D eigenvalue weighted by Gasteiger charge is -2.32. The van der Waals surface area contributed by atoms with E-state index >= 15 is 0 Å². The van der Waals surface area contributed by atoms with Crippen molar-refractivity contribution in [2.24, 2.45) is 5.73 Å². The Balaban J connectivity index is 1.49. The maximum atomic E-state index is 6.30. The molecule has 0 bridgehead atoms. The number of nitrogens with two attached hydrogens (primary N) is 1. The fourth-order valence-corrected chi connectivity index (χ4v) is 3.72. The predicted molar refractivity (Wildman–Crippen MR) is 87.4 cm³/mol. The van der Waals surface area contributed by atoms with Gasteiger partial charge in [-0.25, -0.2) is 0 Å². The van der Waals surface area contributed by atoms with Gasteiger partial charge in [0.1, 0.15) is 0 Å². The van der Waals surface area contributed by atoms with Crippen LogP contribution in [0.15, 0.2) is 53.4 Å². The molecule has 0 spiro atoms. The molecule has 2 aromatic rings. The van der Waals surface area contributed by atoms with Crippen LogP contribution in [0.4, 0.5) is 0 Å². The summed E-state index contributed by atoms with van der Waals surface area (Å²) in [5, 5.41) is 0. The van der Waals surface area contributed by atoms with E-state index in [-0.39, 0.29) is 6.04 Å². The molecule has 2 heteroatoms. The lowest BCUT2D eigenvalue weighted by atomic mass is 9.75. The third-order valence-corrected chi connectivity index (χ3v) is 5.23. The lowest BCUT2D eigenvalue weighted by Crippen LogP contribution is -2.29.